The van der Waals surface area contributed by atoms with E-state index in [1.807, 2.05) is 13.0 Å². The molecule has 2 fully saturated rings. The number of nitrogens with zero attached hydrogens (tertiary/aromatic N) is 5. The molecule has 0 amide bonds. The largest absolute Gasteiger partial charge is 0.354 e. The molecule has 2 saturated heterocycles. The SMILES string of the molecule is Cc1cc(N2CCN(Cc3cc(F)cc(F)c3)CC2)nc(N2CCCC2)n1. The van der Waals surface area contributed by atoms with Crippen LogP contribution in [0, 0.1) is 18.6 Å². The summed E-state index contributed by atoms with van der Waals surface area (Å²) in [5, 5.41) is 0. The number of hydrogen-bond acceptors (Lipinski definition) is 5. The average Bonchev–Trinajstić information content (AvgIpc) is 3.16. The van der Waals surface area contributed by atoms with E-state index in [1.54, 1.807) is 0 Å². The molecule has 0 atom stereocenters. The molecule has 1 aromatic carbocycles. The van der Waals surface area contributed by atoms with Gasteiger partial charge in [-0.05, 0) is 37.5 Å². The first kappa shape index (κ1) is 18.1. The highest BCUT2D eigenvalue weighted by atomic mass is 19.1. The quantitative estimate of drug-likeness (QED) is 0.823. The Bertz CT molecular complexity index is 779. The molecule has 7 heteroatoms. The van der Waals surface area contributed by atoms with Crippen LogP contribution in [0.15, 0.2) is 24.3 Å². The van der Waals surface area contributed by atoms with Gasteiger partial charge in [0.1, 0.15) is 17.5 Å². The first-order valence-corrected chi connectivity index (χ1v) is 9.60. The maximum absolute atomic E-state index is 13.4. The number of rotatable bonds is 4. The lowest BCUT2D eigenvalue weighted by atomic mass is 10.2. The van der Waals surface area contributed by atoms with Gasteiger partial charge in [-0.2, -0.15) is 4.98 Å². The molecule has 0 spiro atoms. The van der Waals surface area contributed by atoms with Crippen LogP contribution in [0.5, 0.6) is 0 Å². The summed E-state index contributed by atoms with van der Waals surface area (Å²) in [6, 6.07) is 5.77. The number of benzene rings is 1. The zero-order valence-electron chi connectivity index (χ0n) is 15.7. The average molecular weight is 373 g/mol. The van der Waals surface area contributed by atoms with Gasteiger partial charge in [0, 0.05) is 63.6 Å². The predicted octanol–water partition coefficient (Wildman–Crippen LogP) is 2.99. The van der Waals surface area contributed by atoms with Crippen molar-refractivity contribution in [2.24, 2.45) is 0 Å². The zero-order chi connectivity index (χ0) is 18.8. The molecule has 2 aliphatic heterocycles. The summed E-state index contributed by atoms with van der Waals surface area (Å²) < 4.78 is 26.8. The van der Waals surface area contributed by atoms with Gasteiger partial charge in [-0.25, -0.2) is 13.8 Å². The molecule has 5 nitrogen and oxygen atoms in total. The fourth-order valence-corrected chi connectivity index (χ4v) is 3.85. The molecule has 0 saturated carbocycles. The van der Waals surface area contributed by atoms with Gasteiger partial charge in [-0.15, -0.1) is 0 Å². The Hall–Kier alpha value is -2.28. The monoisotopic (exact) mass is 373 g/mol. The Morgan fingerprint density at radius 1 is 0.815 bits per heavy atom. The van der Waals surface area contributed by atoms with Crippen molar-refractivity contribution in [2.75, 3.05) is 49.1 Å². The second-order valence-electron chi connectivity index (χ2n) is 7.40. The van der Waals surface area contributed by atoms with Crippen molar-refractivity contribution in [3.63, 3.8) is 0 Å². The minimum atomic E-state index is -0.519. The van der Waals surface area contributed by atoms with E-state index < -0.39 is 11.6 Å². The molecule has 3 heterocycles. The summed E-state index contributed by atoms with van der Waals surface area (Å²) in [6.07, 6.45) is 2.40. The lowest BCUT2D eigenvalue weighted by Crippen LogP contribution is -2.46. The number of anilines is 2. The van der Waals surface area contributed by atoms with Gasteiger partial charge in [-0.1, -0.05) is 0 Å². The molecule has 2 aromatic rings. The second-order valence-corrected chi connectivity index (χ2v) is 7.40. The van der Waals surface area contributed by atoms with Crippen molar-refractivity contribution < 1.29 is 8.78 Å². The lowest BCUT2D eigenvalue weighted by molar-refractivity contribution is 0.248. The topological polar surface area (TPSA) is 35.5 Å². The summed E-state index contributed by atoms with van der Waals surface area (Å²) >= 11 is 0. The zero-order valence-corrected chi connectivity index (χ0v) is 15.7. The summed E-state index contributed by atoms with van der Waals surface area (Å²) in [5.41, 5.74) is 1.66. The summed E-state index contributed by atoms with van der Waals surface area (Å²) in [5.74, 6) is 0.769. The van der Waals surface area contributed by atoms with Gasteiger partial charge in [0.15, 0.2) is 0 Å². The fraction of sp³-hybridized carbons (Fsp3) is 0.500. The van der Waals surface area contributed by atoms with Crippen molar-refractivity contribution >= 4 is 11.8 Å². The van der Waals surface area contributed by atoms with Gasteiger partial charge in [0.25, 0.3) is 0 Å². The van der Waals surface area contributed by atoms with Gasteiger partial charge >= 0.3 is 0 Å². The van der Waals surface area contributed by atoms with Crippen LogP contribution in [0.25, 0.3) is 0 Å². The van der Waals surface area contributed by atoms with E-state index in [4.69, 9.17) is 4.98 Å². The number of halogens is 2. The van der Waals surface area contributed by atoms with Crippen LogP contribution >= 0.6 is 0 Å². The highest BCUT2D eigenvalue weighted by Gasteiger charge is 2.21. The third-order valence-electron chi connectivity index (χ3n) is 5.24. The number of aromatic nitrogens is 2. The third-order valence-corrected chi connectivity index (χ3v) is 5.24. The van der Waals surface area contributed by atoms with Crippen LogP contribution in [-0.2, 0) is 6.54 Å². The van der Waals surface area contributed by atoms with Crippen LogP contribution in [0.3, 0.4) is 0 Å². The number of hydrogen-bond donors (Lipinski definition) is 0. The van der Waals surface area contributed by atoms with Crippen LogP contribution in [0.4, 0.5) is 20.5 Å². The van der Waals surface area contributed by atoms with E-state index in [9.17, 15) is 8.78 Å². The number of piperazine rings is 1. The molecule has 2 aliphatic rings. The van der Waals surface area contributed by atoms with E-state index in [-0.39, 0.29) is 0 Å². The van der Waals surface area contributed by atoms with Gasteiger partial charge < -0.3 is 9.80 Å². The van der Waals surface area contributed by atoms with E-state index >= 15 is 0 Å². The highest BCUT2D eigenvalue weighted by Crippen LogP contribution is 2.22. The lowest BCUT2D eigenvalue weighted by Gasteiger charge is -2.35. The minimum absolute atomic E-state index is 0.519. The molecule has 0 bridgehead atoms. The Labute approximate surface area is 158 Å². The van der Waals surface area contributed by atoms with Crippen LogP contribution in [-0.4, -0.2) is 54.1 Å². The molecule has 0 unspecified atom stereocenters. The van der Waals surface area contributed by atoms with E-state index in [0.717, 1.165) is 62.8 Å². The van der Waals surface area contributed by atoms with Gasteiger partial charge in [0.2, 0.25) is 5.95 Å². The molecular formula is C20H25F2N5. The molecule has 0 N–H and O–H groups in total. The Morgan fingerprint density at radius 3 is 2.15 bits per heavy atom. The molecule has 27 heavy (non-hydrogen) atoms. The normalized spacial score (nSPS) is 18.3. The van der Waals surface area contributed by atoms with Crippen LogP contribution in [0.2, 0.25) is 0 Å². The molecule has 0 radical (unpaired) electrons. The molecule has 4 rings (SSSR count). The van der Waals surface area contributed by atoms with Crippen LogP contribution < -0.4 is 9.80 Å². The first-order chi connectivity index (χ1) is 13.1. The number of aryl methyl sites for hydroxylation is 1. The maximum Gasteiger partial charge on any atom is 0.227 e. The molecule has 1 aromatic heterocycles. The standard InChI is InChI=1S/C20H25F2N5/c1-15-10-19(24-20(23-15)27-4-2-3-5-27)26-8-6-25(7-9-26)14-16-11-17(21)13-18(22)12-16/h10-13H,2-9,14H2,1H3. The molecule has 0 aliphatic carbocycles. The van der Waals surface area contributed by atoms with E-state index in [1.165, 1.54) is 25.0 Å². The van der Waals surface area contributed by atoms with Gasteiger partial charge in [-0.3, -0.25) is 4.90 Å². The van der Waals surface area contributed by atoms with Crippen molar-refractivity contribution in [3.05, 3.63) is 47.2 Å². The summed E-state index contributed by atoms with van der Waals surface area (Å²) in [6.45, 7) is 7.98. The minimum Gasteiger partial charge on any atom is -0.354 e. The Balaban J connectivity index is 1.40. The first-order valence-electron chi connectivity index (χ1n) is 9.60. The maximum atomic E-state index is 13.4. The predicted molar refractivity (Wildman–Crippen MR) is 102 cm³/mol. The van der Waals surface area contributed by atoms with E-state index in [2.05, 4.69) is 19.7 Å². The van der Waals surface area contributed by atoms with Crippen molar-refractivity contribution in [1.29, 1.82) is 0 Å². The highest BCUT2D eigenvalue weighted by molar-refractivity contribution is 5.46. The Morgan fingerprint density at radius 2 is 1.48 bits per heavy atom. The van der Waals surface area contributed by atoms with Crippen LogP contribution in [0.1, 0.15) is 24.1 Å². The van der Waals surface area contributed by atoms with E-state index in [0.29, 0.717) is 12.1 Å². The van der Waals surface area contributed by atoms with Crippen molar-refractivity contribution in [3.8, 4) is 0 Å². The second kappa shape index (κ2) is 7.76. The summed E-state index contributed by atoms with van der Waals surface area (Å²) in [4.78, 5) is 16.2. The molecular weight excluding hydrogens is 348 g/mol. The fourth-order valence-electron chi connectivity index (χ4n) is 3.85. The Kier molecular flexibility index (Phi) is 5.20. The molecule has 144 valence electrons. The van der Waals surface area contributed by atoms with Gasteiger partial charge in [0.05, 0.1) is 0 Å². The summed E-state index contributed by atoms with van der Waals surface area (Å²) in [7, 11) is 0. The third kappa shape index (κ3) is 4.35. The van der Waals surface area contributed by atoms with Crippen molar-refractivity contribution in [1.82, 2.24) is 14.9 Å². The van der Waals surface area contributed by atoms with Crippen molar-refractivity contribution in [2.45, 2.75) is 26.3 Å². The smallest absolute Gasteiger partial charge is 0.227 e.